The molecule has 8 heteroatoms. The molecule has 0 radical (unpaired) electrons. The van der Waals surface area contributed by atoms with Gasteiger partial charge in [-0.1, -0.05) is 0 Å². The Bertz CT molecular complexity index is 458. The van der Waals surface area contributed by atoms with Crippen LogP contribution in [0.3, 0.4) is 0 Å². The average Bonchev–Trinajstić information content (AvgIpc) is 2.16. The number of nitro groups is 1. The van der Waals surface area contributed by atoms with Crippen LogP contribution in [0.25, 0.3) is 0 Å². The molecule has 0 amide bonds. The number of hydrogen-bond donors (Lipinski definition) is 0. The van der Waals surface area contributed by atoms with Gasteiger partial charge in [-0.3, -0.25) is 0 Å². The monoisotopic (exact) mass is 277 g/mol. The van der Waals surface area contributed by atoms with Crippen molar-refractivity contribution in [3.8, 4) is 6.07 Å². The molecule has 0 aliphatic rings. The van der Waals surface area contributed by atoms with Gasteiger partial charge in [-0.2, -0.15) is 5.26 Å². The number of rotatable bonds is 2. The molecule has 0 atom stereocenters. The summed E-state index contributed by atoms with van der Waals surface area (Å²) in [4.78, 5) is 12.6. The van der Waals surface area contributed by atoms with E-state index >= 15 is 0 Å². The molecule has 0 N–H and O–H groups in total. The van der Waals surface area contributed by atoms with Gasteiger partial charge in [0.15, 0.2) is 0 Å². The summed E-state index contributed by atoms with van der Waals surface area (Å²) in [5, 5.41) is 18.9. The predicted molar refractivity (Wildman–Crippen MR) is 48.3 cm³/mol. The maximum Gasteiger partial charge on any atom is 0.378 e. The molecule has 0 fully saturated rings. The van der Waals surface area contributed by atoms with E-state index in [1.54, 1.807) is 0 Å². The van der Waals surface area contributed by atoms with E-state index < -0.39 is 22.9 Å². The second-order valence-corrected chi connectivity index (χ2v) is 3.25. The van der Waals surface area contributed by atoms with Crippen LogP contribution in [-0.2, 0) is 0 Å². The minimum atomic E-state index is -3.02. The normalized spacial score (nSPS) is 10.1. The van der Waals surface area contributed by atoms with E-state index in [0.717, 1.165) is 6.07 Å². The highest BCUT2D eigenvalue weighted by molar-refractivity contribution is 9.10. The number of alkyl halides is 2. The Labute approximate surface area is 90.6 Å². The molecule has 5 nitrogen and oxygen atoms in total. The summed E-state index contributed by atoms with van der Waals surface area (Å²) in [5.74, 6) is -0.732. The number of nitriles is 1. The predicted octanol–water partition coefficient (Wildman–Crippen LogP) is 2.56. The van der Waals surface area contributed by atoms with Crippen LogP contribution < -0.4 is 0 Å². The van der Waals surface area contributed by atoms with Crippen LogP contribution in [0.4, 0.5) is 14.6 Å². The molecule has 0 aromatic carbocycles. The molecular formula is C7H2BrF2N3O2. The summed E-state index contributed by atoms with van der Waals surface area (Å²) >= 11 is 2.77. The van der Waals surface area contributed by atoms with Gasteiger partial charge in [-0.15, -0.1) is 0 Å². The van der Waals surface area contributed by atoms with Crippen LogP contribution in [-0.4, -0.2) is 9.91 Å². The Balaban J connectivity index is 3.45. The summed E-state index contributed by atoms with van der Waals surface area (Å²) in [5.41, 5.74) is -1.27. The number of halogens is 3. The van der Waals surface area contributed by atoms with Crippen molar-refractivity contribution >= 4 is 21.7 Å². The van der Waals surface area contributed by atoms with Crippen LogP contribution in [0, 0.1) is 21.4 Å². The molecule has 0 unspecified atom stereocenters. The lowest BCUT2D eigenvalue weighted by Crippen LogP contribution is -2.01. The fourth-order valence-electron chi connectivity index (χ4n) is 0.877. The first-order chi connectivity index (χ1) is 6.97. The van der Waals surface area contributed by atoms with Crippen LogP contribution in [0.15, 0.2) is 10.5 Å². The average molecular weight is 278 g/mol. The molecule has 78 valence electrons. The molecule has 0 aliphatic carbocycles. The summed E-state index contributed by atoms with van der Waals surface area (Å²) in [6.45, 7) is 0. The van der Waals surface area contributed by atoms with Crippen molar-refractivity contribution < 1.29 is 13.7 Å². The zero-order valence-corrected chi connectivity index (χ0v) is 8.53. The Hall–Kier alpha value is -1.62. The standard InChI is InChI=1S/C7H2BrF2N3O2/c8-4-1-3(2-11)5(6(9)10)12-7(4)13(14)15/h1,6H. The molecule has 1 aromatic rings. The van der Waals surface area contributed by atoms with E-state index in [1.807, 2.05) is 0 Å². The Kier molecular flexibility index (Phi) is 3.26. The molecule has 1 heterocycles. The van der Waals surface area contributed by atoms with Gasteiger partial charge in [0.05, 0.1) is 0 Å². The zero-order valence-electron chi connectivity index (χ0n) is 6.95. The van der Waals surface area contributed by atoms with Crippen LogP contribution in [0.1, 0.15) is 17.7 Å². The first kappa shape index (κ1) is 11.5. The van der Waals surface area contributed by atoms with Crippen LogP contribution >= 0.6 is 15.9 Å². The lowest BCUT2D eigenvalue weighted by atomic mass is 10.2. The molecule has 0 aliphatic heterocycles. The highest BCUT2D eigenvalue weighted by Crippen LogP contribution is 2.29. The van der Waals surface area contributed by atoms with E-state index in [9.17, 15) is 18.9 Å². The van der Waals surface area contributed by atoms with Gasteiger partial charge in [0, 0.05) is 0 Å². The third-order valence-electron chi connectivity index (χ3n) is 1.49. The Morgan fingerprint density at radius 1 is 1.67 bits per heavy atom. The third kappa shape index (κ3) is 2.24. The lowest BCUT2D eigenvalue weighted by Gasteiger charge is -1.99. The lowest BCUT2D eigenvalue weighted by molar-refractivity contribution is -0.390. The van der Waals surface area contributed by atoms with Gasteiger partial charge in [0.2, 0.25) is 5.69 Å². The number of hydrogen-bond acceptors (Lipinski definition) is 4. The Morgan fingerprint density at radius 2 is 2.27 bits per heavy atom. The smallest absolute Gasteiger partial charge is 0.358 e. The maximum atomic E-state index is 12.3. The first-order valence-electron chi connectivity index (χ1n) is 3.50. The largest absolute Gasteiger partial charge is 0.378 e. The fourth-order valence-corrected chi connectivity index (χ4v) is 1.34. The molecule has 1 aromatic heterocycles. The van der Waals surface area contributed by atoms with Gasteiger partial charge >= 0.3 is 12.2 Å². The maximum absolute atomic E-state index is 12.3. The summed E-state index contributed by atoms with van der Waals surface area (Å²) in [7, 11) is 0. The minimum absolute atomic E-state index is 0.103. The highest BCUT2D eigenvalue weighted by Gasteiger charge is 2.26. The fraction of sp³-hybridized carbons (Fsp3) is 0.143. The van der Waals surface area contributed by atoms with Gasteiger partial charge in [-0.25, -0.2) is 8.78 Å². The summed E-state index contributed by atoms with van der Waals surface area (Å²) < 4.78 is 24.6. The van der Waals surface area contributed by atoms with Crippen LogP contribution in [0.5, 0.6) is 0 Å². The summed E-state index contributed by atoms with van der Waals surface area (Å²) in [6.07, 6.45) is -3.02. The quantitative estimate of drug-likeness (QED) is 0.615. The minimum Gasteiger partial charge on any atom is -0.358 e. The molecule has 0 bridgehead atoms. The molecule has 0 saturated carbocycles. The highest BCUT2D eigenvalue weighted by atomic mass is 79.9. The second-order valence-electron chi connectivity index (χ2n) is 2.40. The molecule has 0 saturated heterocycles. The number of nitrogens with zero attached hydrogens (tertiary/aromatic N) is 3. The second kappa shape index (κ2) is 4.27. The van der Waals surface area contributed by atoms with Crippen molar-refractivity contribution in [3.63, 3.8) is 0 Å². The van der Waals surface area contributed by atoms with Gasteiger partial charge in [0.25, 0.3) is 0 Å². The van der Waals surface area contributed by atoms with E-state index in [-0.39, 0.29) is 10.0 Å². The molecular weight excluding hydrogens is 276 g/mol. The Morgan fingerprint density at radius 3 is 2.67 bits per heavy atom. The van der Waals surface area contributed by atoms with Crippen molar-refractivity contribution in [2.24, 2.45) is 0 Å². The van der Waals surface area contributed by atoms with Crippen LogP contribution in [0.2, 0.25) is 0 Å². The molecule has 1 rings (SSSR count). The van der Waals surface area contributed by atoms with E-state index in [1.165, 1.54) is 6.07 Å². The third-order valence-corrected chi connectivity index (χ3v) is 2.07. The van der Waals surface area contributed by atoms with E-state index in [2.05, 4.69) is 20.9 Å². The van der Waals surface area contributed by atoms with E-state index in [0.29, 0.717) is 0 Å². The number of aromatic nitrogens is 1. The topological polar surface area (TPSA) is 79.8 Å². The zero-order chi connectivity index (χ0) is 11.6. The van der Waals surface area contributed by atoms with Crippen molar-refractivity contribution in [1.82, 2.24) is 4.98 Å². The van der Waals surface area contributed by atoms with Crippen molar-refractivity contribution in [2.45, 2.75) is 6.43 Å². The van der Waals surface area contributed by atoms with Crippen molar-refractivity contribution in [3.05, 3.63) is 31.9 Å². The van der Waals surface area contributed by atoms with Gasteiger partial charge < -0.3 is 10.1 Å². The first-order valence-corrected chi connectivity index (χ1v) is 4.29. The SMILES string of the molecule is N#Cc1cc(Br)c([N+](=O)[O-])nc1C(F)F. The van der Waals surface area contributed by atoms with Crippen molar-refractivity contribution in [2.75, 3.05) is 0 Å². The summed E-state index contributed by atoms with van der Waals surface area (Å²) in [6, 6.07) is 2.44. The number of pyridine rings is 1. The van der Waals surface area contributed by atoms with Gasteiger partial charge in [0.1, 0.15) is 16.1 Å². The molecule has 0 spiro atoms. The van der Waals surface area contributed by atoms with Gasteiger partial charge in [-0.05, 0) is 31.9 Å². The van der Waals surface area contributed by atoms with Crippen molar-refractivity contribution in [1.29, 1.82) is 5.26 Å². The van der Waals surface area contributed by atoms with E-state index in [4.69, 9.17) is 5.26 Å². The molecule has 15 heavy (non-hydrogen) atoms.